The lowest BCUT2D eigenvalue weighted by Gasteiger charge is -2.34. The smallest absolute Gasteiger partial charge is 0.219 e. The van der Waals surface area contributed by atoms with Crippen LogP contribution in [-0.2, 0) is 14.8 Å². The number of H-pyrrole nitrogens is 1. The summed E-state index contributed by atoms with van der Waals surface area (Å²) in [6.45, 7) is 2.05. The first kappa shape index (κ1) is 24.8. The molecule has 1 aromatic carbocycles. The second-order valence-corrected chi connectivity index (χ2v) is 11.2. The molecule has 0 bridgehead atoms. The summed E-state index contributed by atoms with van der Waals surface area (Å²) in [6, 6.07) is 6.62. The van der Waals surface area contributed by atoms with Crippen LogP contribution in [0.15, 0.2) is 41.3 Å². The highest BCUT2D eigenvalue weighted by Crippen LogP contribution is 2.36. The Hall–Kier alpha value is -2.30. The lowest BCUT2D eigenvalue weighted by atomic mass is 9.82. The minimum absolute atomic E-state index is 0.0267. The summed E-state index contributed by atoms with van der Waals surface area (Å²) >= 11 is 0. The van der Waals surface area contributed by atoms with Gasteiger partial charge in [-0.05, 0) is 62.6 Å². The lowest BCUT2D eigenvalue weighted by molar-refractivity contribution is 0.0154. The van der Waals surface area contributed by atoms with Gasteiger partial charge in [-0.25, -0.2) is 17.5 Å². The molecule has 1 aromatic heterocycles. The topological polar surface area (TPSA) is 91.5 Å². The molecule has 2 aliphatic rings. The lowest BCUT2D eigenvalue weighted by Crippen LogP contribution is -2.49. The van der Waals surface area contributed by atoms with E-state index in [1.165, 1.54) is 12.3 Å². The van der Waals surface area contributed by atoms with E-state index in [1.807, 2.05) is 13.0 Å². The minimum Gasteiger partial charge on any atom is -0.376 e. The third kappa shape index (κ3) is 5.67. The molecule has 2 aromatic rings. The predicted molar refractivity (Wildman–Crippen MR) is 126 cm³/mol. The third-order valence-corrected chi connectivity index (χ3v) is 7.62. The first-order valence-corrected chi connectivity index (χ1v) is 13.5. The Morgan fingerprint density at radius 2 is 1.91 bits per heavy atom. The van der Waals surface area contributed by atoms with Crippen LogP contribution in [0.3, 0.4) is 0 Å². The Balaban J connectivity index is 1.46. The number of benzene rings is 1. The van der Waals surface area contributed by atoms with Crippen molar-refractivity contribution in [1.82, 2.24) is 9.71 Å². The van der Waals surface area contributed by atoms with Gasteiger partial charge in [-0.1, -0.05) is 12.1 Å². The van der Waals surface area contributed by atoms with Gasteiger partial charge in [0.25, 0.3) is 0 Å². The number of hydrogen-bond acceptors (Lipinski definition) is 5. The zero-order valence-corrected chi connectivity index (χ0v) is 20.2. The highest BCUT2D eigenvalue weighted by atomic mass is 32.2. The molecule has 4 rings (SSSR count). The van der Waals surface area contributed by atoms with Crippen LogP contribution in [0.5, 0.6) is 0 Å². The van der Waals surface area contributed by atoms with Crippen molar-refractivity contribution < 1.29 is 21.9 Å². The number of sulfonamides is 1. The van der Waals surface area contributed by atoms with Crippen molar-refractivity contribution in [3.63, 3.8) is 0 Å². The molecule has 1 saturated carbocycles. The van der Waals surface area contributed by atoms with Crippen molar-refractivity contribution in [3.05, 3.63) is 63.9 Å². The predicted octanol–water partition coefficient (Wildman–Crippen LogP) is 3.28. The zero-order valence-electron chi connectivity index (χ0n) is 19.3. The fourth-order valence-electron chi connectivity index (χ4n) is 5.34. The van der Waals surface area contributed by atoms with E-state index in [0.717, 1.165) is 43.6 Å². The van der Waals surface area contributed by atoms with E-state index < -0.39 is 33.4 Å². The van der Waals surface area contributed by atoms with Gasteiger partial charge in [-0.15, -0.1) is 0 Å². The van der Waals surface area contributed by atoms with E-state index in [9.17, 15) is 22.0 Å². The summed E-state index contributed by atoms with van der Waals surface area (Å²) in [5.41, 5.74) is 0.269. The first-order chi connectivity index (χ1) is 16.1. The number of anilines is 1. The first-order valence-electron chi connectivity index (χ1n) is 11.6. The summed E-state index contributed by atoms with van der Waals surface area (Å²) in [5, 5.41) is 0. The van der Waals surface area contributed by atoms with Gasteiger partial charge in [0.15, 0.2) is 0 Å². The van der Waals surface area contributed by atoms with Crippen LogP contribution in [0.2, 0.25) is 0 Å². The molecule has 0 unspecified atom stereocenters. The molecular weight excluding hydrogens is 464 g/mol. The molecule has 1 aliphatic carbocycles. The number of nitrogens with one attached hydrogen (secondary N) is 2. The summed E-state index contributed by atoms with van der Waals surface area (Å²) in [6.07, 6.45) is 6.22. The Kier molecular flexibility index (Phi) is 7.39. The van der Waals surface area contributed by atoms with Crippen molar-refractivity contribution in [2.45, 2.75) is 69.2 Å². The summed E-state index contributed by atoms with van der Waals surface area (Å²) in [4.78, 5) is 16.4. The third-order valence-electron chi connectivity index (χ3n) is 6.89. The van der Waals surface area contributed by atoms with Crippen LogP contribution in [0.4, 0.5) is 14.6 Å². The van der Waals surface area contributed by atoms with E-state index in [-0.39, 0.29) is 36.3 Å². The normalized spacial score (nSPS) is 27.8. The Bertz CT molecular complexity index is 1160. The fraction of sp³-hybridized carbons (Fsp3) is 0.542. The highest BCUT2D eigenvalue weighted by Gasteiger charge is 2.42. The summed E-state index contributed by atoms with van der Waals surface area (Å²) < 4.78 is 61.1. The van der Waals surface area contributed by atoms with Crippen LogP contribution in [0, 0.1) is 11.6 Å². The van der Waals surface area contributed by atoms with Crippen LogP contribution in [0.25, 0.3) is 0 Å². The zero-order chi connectivity index (χ0) is 24.5. The molecule has 186 valence electrons. The van der Waals surface area contributed by atoms with Gasteiger partial charge in [-0.2, -0.15) is 4.39 Å². The fourth-order valence-corrected chi connectivity index (χ4v) is 6.14. The standard InChI is InChI=1S/C24H31F2N3O4S/c1-15-12-20(28-34(2,31)32)21(29(15)24-23(26)22(30)10-11-27-24)14-33-19-8-6-16(7-9-19)17-4-3-5-18(25)13-17/h3-5,10-11,13,15-16,19-21,28H,6-9,12,14H2,1-2H3,(H,27,30)/t15-,16-,19+,20+,21+/m1/s1. The quantitative estimate of drug-likeness (QED) is 0.615. The second kappa shape index (κ2) is 10.1. The number of pyridine rings is 1. The van der Waals surface area contributed by atoms with E-state index >= 15 is 0 Å². The maximum absolute atomic E-state index is 14.7. The van der Waals surface area contributed by atoms with Crippen molar-refractivity contribution in [2.75, 3.05) is 17.8 Å². The van der Waals surface area contributed by atoms with Crippen LogP contribution in [-0.4, -0.2) is 50.5 Å². The van der Waals surface area contributed by atoms with Crippen LogP contribution >= 0.6 is 0 Å². The van der Waals surface area contributed by atoms with Gasteiger partial charge in [-0.3, -0.25) is 4.79 Å². The molecule has 2 fully saturated rings. The van der Waals surface area contributed by atoms with Gasteiger partial charge in [0.1, 0.15) is 11.6 Å². The van der Waals surface area contributed by atoms with Crippen LogP contribution < -0.4 is 15.1 Å². The number of aromatic nitrogens is 1. The molecule has 34 heavy (non-hydrogen) atoms. The largest absolute Gasteiger partial charge is 0.376 e. The number of hydrogen-bond donors (Lipinski definition) is 2. The van der Waals surface area contributed by atoms with Gasteiger partial charge in [0.2, 0.25) is 21.3 Å². The molecule has 1 aliphatic heterocycles. The Morgan fingerprint density at radius 3 is 2.59 bits per heavy atom. The molecule has 10 heteroatoms. The number of ether oxygens (including phenoxy) is 1. The number of nitrogens with zero attached hydrogens (tertiary/aromatic N) is 1. The van der Waals surface area contributed by atoms with Crippen molar-refractivity contribution in [3.8, 4) is 0 Å². The van der Waals surface area contributed by atoms with Crippen molar-refractivity contribution in [2.24, 2.45) is 0 Å². The highest BCUT2D eigenvalue weighted by molar-refractivity contribution is 7.88. The van der Waals surface area contributed by atoms with E-state index in [0.29, 0.717) is 6.42 Å². The molecule has 0 amide bonds. The minimum atomic E-state index is -3.50. The van der Waals surface area contributed by atoms with E-state index in [4.69, 9.17) is 4.74 Å². The number of rotatable bonds is 7. The van der Waals surface area contributed by atoms with Crippen molar-refractivity contribution >= 4 is 15.8 Å². The van der Waals surface area contributed by atoms with Crippen LogP contribution in [0.1, 0.15) is 50.5 Å². The second-order valence-electron chi connectivity index (χ2n) is 9.42. The summed E-state index contributed by atoms with van der Waals surface area (Å²) in [5.74, 6) is -0.806. The monoisotopic (exact) mass is 495 g/mol. The average Bonchev–Trinajstić information content (AvgIpc) is 3.07. The molecule has 1 saturated heterocycles. The van der Waals surface area contributed by atoms with Gasteiger partial charge < -0.3 is 14.6 Å². The van der Waals surface area contributed by atoms with Gasteiger partial charge in [0.05, 0.1) is 25.0 Å². The van der Waals surface area contributed by atoms with E-state index in [2.05, 4.69) is 9.71 Å². The SMILES string of the molecule is C[C@@H]1C[C@H](NS(C)(=O)=O)[C@H](CO[C@H]2CC[C@@H](c3cccc(F)c3)CC2)N1c1[nH]ccc(=O)c1F. The molecule has 0 radical (unpaired) electrons. The maximum Gasteiger partial charge on any atom is 0.219 e. The molecule has 2 heterocycles. The van der Waals surface area contributed by atoms with E-state index in [1.54, 1.807) is 17.0 Å². The van der Waals surface area contributed by atoms with Gasteiger partial charge >= 0.3 is 0 Å². The Labute approximate surface area is 198 Å². The van der Waals surface area contributed by atoms with Gasteiger partial charge in [0, 0.05) is 24.3 Å². The Morgan fingerprint density at radius 1 is 1.18 bits per heavy atom. The molecule has 3 atom stereocenters. The molecular formula is C24H31F2N3O4S. The number of aromatic amines is 1. The average molecular weight is 496 g/mol. The summed E-state index contributed by atoms with van der Waals surface area (Å²) in [7, 11) is -3.50. The molecule has 7 nitrogen and oxygen atoms in total. The molecule has 2 N–H and O–H groups in total. The number of halogens is 2. The molecule has 0 spiro atoms. The maximum atomic E-state index is 14.7. The van der Waals surface area contributed by atoms with Crippen molar-refractivity contribution in [1.29, 1.82) is 0 Å².